The molecular formula is C14H10F3NO3S2. The molecule has 2 aromatic carbocycles. The SMILES string of the molecule is CN1c2ccccc2Sc2ccc(OS(=O)(=O)C(F)(F)F)cc21. The van der Waals surface area contributed by atoms with E-state index in [1.165, 1.54) is 30.0 Å². The first-order chi connectivity index (χ1) is 10.7. The summed E-state index contributed by atoms with van der Waals surface area (Å²) in [5, 5.41) is 0. The third-order valence-corrected chi connectivity index (χ3v) is 5.34. The highest BCUT2D eigenvalue weighted by molar-refractivity contribution is 7.99. The lowest BCUT2D eigenvalue weighted by molar-refractivity contribution is -0.0500. The van der Waals surface area contributed by atoms with Crippen LogP contribution in [-0.2, 0) is 10.1 Å². The molecule has 0 fully saturated rings. The summed E-state index contributed by atoms with van der Waals surface area (Å²) in [6.07, 6.45) is 0. The minimum Gasteiger partial charge on any atom is -0.376 e. The van der Waals surface area contributed by atoms with Crippen molar-refractivity contribution in [2.24, 2.45) is 0 Å². The third-order valence-electron chi connectivity index (χ3n) is 3.23. The molecule has 2 aromatic rings. The van der Waals surface area contributed by atoms with E-state index in [2.05, 4.69) is 4.18 Å². The Bertz CT molecular complexity index is 866. The summed E-state index contributed by atoms with van der Waals surface area (Å²) in [5.74, 6) is -0.382. The van der Waals surface area contributed by atoms with Crippen molar-refractivity contribution in [3.8, 4) is 5.75 Å². The van der Waals surface area contributed by atoms with Crippen LogP contribution in [0.2, 0.25) is 0 Å². The van der Waals surface area contributed by atoms with E-state index in [9.17, 15) is 21.6 Å². The minimum atomic E-state index is -5.68. The first-order valence-electron chi connectivity index (χ1n) is 6.34. The lowest BCUT2D eigenvalue weighted by Crippen LogP contribution is -2.28. The molecular weight excluding hydrogens is 351 g/mol. The summed E-state index contributed by atoms with van der Waals surface area (Å²) >= 11 is 1.45. The maximum absolute atomic E-state index is 12.4. The molecule has 0 saturated heterocycles. The van der Waals surface area contributed by atoms with Gasteiger partial charge in [0.25, 0.3) is 0 Å². The van der Waals surface area contributed by atoms with Gasteiger partial charge in [-0.3, -0.25) is 0 Å². The Hall–Kier alpha value is -1.87. The normalized spacial score (nSPS) is 14.2. The van der Waals surface area contributed by atoms with Crippen LogP contribution in [0.1, 0.15) is 0 Å². The molecule has 122 valence electrons. The third kappa shape index (κ3) is 2.86. The maximum atomic E-state index is 12.4. The largest absolute Gasteiger partial charge is 0.534 e. The molecule has 4 nitrogen and oxygen atoms in total. The summed E-state index contributed by atoms with van der Waals surface area (Å²) in [7, 11) is -3.93. The second-order valence-electron chi connectivity index (χ2n) is 4.74. The van der Waals surface area contributed by atoms with E-state index in [4.69, 9.17) is 0 Å². The van der Waals surface area contributed by atoms with Crippen molar-refractivity contribution < 1.29 is 25.8 Å². The summed E-state index contributed by atoms with van der Waals surface area (Å²) in [5.41, 5.74) is -4.01. The van der Waals surface area contributed by atoms with Crippen molar-refractivity contribution >= 4 is 33.3 Å². The molecule has 0 unspecified atom stereocenters. The average Bonchev–Trinajstić information content (AvgIpc) is 2.47. The van der Waals surface area contributed by atoms with Gasteiger partial charge in [0, 0.05) is 22.9 Å². The number of halogens is 3. The van der Waals surface area contributed by atoms with E-state index in [0.29, 0.717) is 5.69 Å². The molecule has 0 N–H and O–H groups in total. The molecule has 3 rings (SSSR count). The number of hydrogen-bond acceptors (Lipinski definition) is 5. The first kappa shape index (κ1) is 16.0. The number of rotatable bonds is 2. The van der Waals surface area contributed by atoms with E-state index < -0.39 is 15.6 Å². The highest BCUT2D eigenvalue weighted by Gasteiger charge is 2.48. The average molecular weight is 361 g/mol. The Labute approximate surface area is 135 Å². The molecule has 1 aliphatic heterocycles. The zero-order chi connectivity index (χ0) is 16.8. The zero-order valence-corrected chi connectivity index (χ0v) is 13.3. The van der Waals surface area contributed by atoms with Gasteiger partial charge in [-0.2, -0.15) is 21.6 Å². The van der Waals surface area contributed by atoms with Gasteiger partial charge in [0.15, 0.2) is 0 Å². The molecule has 23 heavy (non-hydrogen) atoms. The Morgan fingerprint density at radius 1 is 1.04 bits per heavy atom. The predicted molar refractivity (Wildman–Crippen MR) is 80.7 cm³/mol. The number of nitrogens with zero attached hydrogens (tertiary/aromatic N) is 1. The van der Waals surface area contributed by atoms with Gasteiger partial charge < -0.3 is 9.08 Å². The zero-order valence-electron chi connectivity index (χ0n) is 11.7. The van der Waals surface area contributed by atoms with Crippen LogP contribution in [0.25, 0.3) is 0 Å². The van der Waals surface area contributed by atoms with Crippen molar-refractivity contribution in [1.82, 2.24) is 0 Å². The van der Waals surface area contributed by atoms with Crippen LogP contribution in [-0.4, -0.2) is 21.0 Å². The molecule has 0 bridgehead atoms. The van der Waals surface area contributed by atoms with Crippen LogP contribution in [0, 0.1) is 0 Å². The van der Waals surface area contributed by atoms with Crippen molar-refractivity contribution in [3.05, 3.63) is 42.5 Å². The number of anilines is 2. The minimum absolute atomic E-state index is 0.382. The van der Waals surface area contributed by atoms with Gasteiger partial charge in [-0.25, -0.2) is 0 Å². The number of alkyl halides is 3. The fourth-order valence-corrected chi connectivity index (χ4v) is 3.72. The van der Waals surface area contributed by atoms with Gasteiger partial charge in [-0.1, -0.05) is 23.9 Å². The van der Waals surface area contributed by atoms with Crippen molar-refractivity contribution in [2.45, 2.75) is 15.3 Å². The van der Waals surface area contributed by atoms with Crippen LogP contribution in [0.4, 0.5) is 24.5 Å². The summed E-state index contributed by atoms with van der Waals surface area (Å²) in [4.78, 5) is 3.57. The Morgan fingerprint density at radius 2 is 1.70 bits per heavy atom. The van der Waals surface area contributed by atoms with Crippen LogP contribution in [0.15, 0.2) is 52.3 Å². The molecule has 0 aliphatic carbocycles. The van der Waals surface area contributed by atoms with Crippen molar-refractivity contribution in [2.75, 3.05) is 11.9 Å². The lowest BCUT2D eigenvalue weighted by atomic mass is 10.2. The summed E-state index contributed by atoms with van der Waals surface area (Å²) in [6, 6.07) is 11.5. The second-order valence-corrected chi connectivity index (χ2v) is 7.36. The highest BCUT2D eigenvalue weighted by Crippen LogP contribution is 2.48. The Kier molecular flexibility index (Phi) is 3.72. The molecule has 1 heterocycles. The van der Waals surface area contributed by atoms with Crippen LogP contribution >= 0.6 is 11.8 Å². The Morgan fingerprint density at radius 3 is 2.39 bits per heavy atom. The number of hydrogen-bond donors (Lipinski definition) is 0. The molecule has 0 amide bonds. The van der Waals surface area contributed by atoms with Gasteiger partial charge in [0.05, 0.1) is 11.4 Å². The van der Waals surface area contributed by atoms with Crippen LogP contribution < -0.4 is 9.08 Å². The van der Waals surface area contributed by atoms with Crippen molar-refractivity contribution in [1.29, 1.82) is 0 Å². The van der Waals surface area contributed by atoms with Crippen molar-refractivity contribution in [3.63, 3.8) is 0 Å². The maximum Gasteiger partial charge on any atom is 0.534 e. The molecule has 0 radical (unpaired) electrons. The summed E-state index contributed by atoms with van der Waals surface area (Å²) in [6.45, 7) is 0. The van der Waals surface area contributed by atoms with E-state index >= 15 is 0 Å². The topological polar surface area (TPSA) is 46.6 Å². The fourth-order valence-electron chi connectivity index (χ4n) is 2.14. The monoisotopic (exact) mass is 361 g/mol. The molecule has 0 atom stereocenters. The lowest BCUT2D eigenvalue weighted by Gasteiger charge is -2.29. The van der Waals surface area contributed by atoms with Crippen LogP contribution in [0.5, 0.6) is 5.75 Å². The molecule has 0 saturated carbocycles. The van der Waals surface area contributed by atoms with Gasteiger partial charge in [-0.15, -0.1) is 0 Å². The smallest absolute Gasteiger partial charge is 0.376 e. The van der Waals surface area contributed by atoms with E-state index in [-0.39, 0.29) is 5.75 Å². The van der Waals surface area contributed by atoms with Gasteiger partial charge in [-0.05, 0) is 24.3 Å². The van der Waals surface area contributed by atoms with E-state index in [1.807, 2.05) is 24.3 Å². The number of para-hydroxylation sites is 1. The van der Waals surface area contributed by atoms with Crippen LogP contribution in [0.3, 0.4) is 0 Å². The predicted octanol–water partition coefficient (Wildman–Crippen LogP) is 4.15. The molecule has 1 aliphatic rings. The highest BCUT2D eigenvalue weighted by atomic mass is 32.2. The van der Waals surface area contributed by atoms with E-state index in [1.54, 1.807) is 11.9 Å². The number of fused-ring (bicyclic) bond motifs is 2. The van der Waals surface area contributed by atoms with Gasteiger partial charge in [0.2, 0.25) is 0 Å². The molecule has 0 aromatic heterocycles. The standard InChI is InChI=1S/C14H10F3NO3S2/c1-18-10-4-2-3-5-12(10)22-13-7-6-9(8-11(13)18)21-23(19,20)14(15,16)17/h2-8H,1H3. The van der Waals surface area contributed by atoms with E-state index in [0.717, 1.165) is 15.5 Å². The number of benzene rings is 2. The first-order valence-corrected chi connectivity index (χ1v) is 8.57. The quantitative estimate of drug-likeness (QED) is 0.594. The van der Waals surface area contributed by atoms with Gasteiger partial charge in [0.1, 0.15) is 5.75 Å². The molecule has 0 spiro atoms. The fraction of sp³-hybridized carbons (Fsp3) is 0.143. The van der Waals surface area contributed by atoms with Gasteiger partial charge >= 0.3 is 15.6 Å². The molecule has 9 heteroatoms. The summed E-state index contributed by atoms with van der Waals surface area (Å²) < 4.78 is 63.6. The Balaban J connectivity index is 1.98. The second kappa shape index (κ2) is 5.34.